The average molecular weight is 429 g/mol. The van der Waals surface area contributed by atoms with Crippen LogP contribution >= 0.6 is 12.4 Å². The molecule has 0 atom stereocenters. The average Bonchev–Trinajstić information content (AvgIpc) is 3.19. The van der Waals surface area contributed by atoms with Crippen LogP contribution in [0.1, 0.15) is 24.3 Å². The Kier molecular flexibility index (Phi) is 7.65. The van der Waals surface area contributed by atoms with Crippen molar-refractivity contribution in [2.24, 2.45) is 11.1 Å². The van der Waals surface area contributed by atoms with Gasteiger partial charge in [0.05, 0.1) is 18.5 Å². The first-order chi connectivity index (χ1) is 13.8. The van der Waals surface area contributed by atoms with Gasteiger partial charge >= 0.3 is 0 Å². The van der Waals surface area contributed by atoms with Crippen molar-refractivity contribution in [1.82, 2.24) is 14.7 Å². The molecule has 6 nitrogen and oxygen atoms in total. The molecule has 2 N–H and O–H groups in total. The Bertz CT molecular complexity index is 969. The fraction of sp³-hybridized carbons (Fsp3) is 0.304. The van der Waals surface area contributed by atoms with E-state index in [1.807, 2.05) is 74.5 Å². The van der Waals surface area contributed by atoms with E-state index in [9.17, 15) is 4.79 Å². The maximum Gasteiger partial charge on any atom is 0.274 e. The summed E-state index contributed by atoms with van der Waals surface area (Å²) >= 11 is 0. The lowest BCUT2D eigenvalue weighted by molar-refractivity contribution is 0.0734. The van der Waals surface area contributed by atoms with Crippen LogP contribution in [0.5, 0.6) is 5.75 Å². The second-order valence-corrected chi connectivity index (χ2v) is 7.92. The van der Waals surface area contributed by atoms with Crippen LogP contribution in [0.3, 0.4) is 0 Å². The van der Waals surface area contributed by atoms with Gasteiger partial charge < -0.3 is 15.4 Å². The van der Waals surface area contributed by atoms with Crippen molar-refractivity contribution in [3.05, 3.63) is 66.4 Å². The van der Waals surface area contributed by atoms with E-state index in [0.29, 0.717) is 18.8 Å². The monoisotopic (exact) mass is 428 g/mol. The summed E-state index contributed by atoms with van der Waals surface area (Å²) in [7, 11) is 3.42. The van der Waals surface area contributed by atoms with Gasteiger partial charge in [-0.1, -0.05) is 32.0 Å². The number of ether oxygens (including phenoxy) is 1. The highest BCUT2D eigenvalue weighted by Gasteiger charge is 2.24. The third-order valence-electron chi connectivity index (χ3n) is 4.88. The van der Waals surface area contributed by atoms with Crippen LogP contribution in [-0.2, 0) is 0 Å². The Morgan fingerprint density at radius 2 is 1.77 bits per heavy atom. The number of nitrogens with zero attached hydrogens (tertiary/aromatic N) is 3. The standard InChI is InChI=1S/C23H28N4O2.ClH/c1-23(2,15-24)16-26(3)22(28)20-14-21(17-10-12-19(29-4)13-11-17)27(25-20)18-8-6-5-7-9-18;/h5-14H,15-16,24H2,1-4H3;1H. The maximum absolute atomic E-state index is 13.1. The zero-order chi connectivity index (χ0) is 21.0. The fourth-order valence-corrected chi connectivity index (χ4v) is 3.19. The Morgan fingerprint density at radius 1 is 1.13 bits per heavy atom. The molecule has 0 bridgehead atoms. The van der Waals surface area contributed by atoms with Gasteiger partial charge in [0.2, 0.25) is 0 Å². The van der Waals surface area contributed by atoms with E-state index in [1.165, 1.54) is 0 Å². The lowest BCUT2D eigenvalue weighted by Gasteiger charge is -2.28. The number of hydrogen-bond donors (Lipinski definition) is 1. The van der Waals surface area contributed by atoms with Crippen molar-refractivity contribution < 1.29 is 9.53 Å². The maximum atomic E-state index is 13.1. The number of hydrogen-bond acceptors (Lipinski definition) is 4. The van der Waals surface area contributed by atoms with Gasteiger partial charge in [-0.3, -0.25) is 4.79 Å². The van der Waals surface area contributed by atoms with Crippen LogP contribution < -0.4 is 10.5 Å². The predicted molar refractivity (Wildman–Crippen MR) is 123 cm³/mol. The first-order valence-corrected chi connectivity index (χ1v) is 9.60. The summed E-state index contributed by atoms with van der Waals surface area (Å²) < 4.78 is 7.06. The molecule has 3 aromatic rings. The van der Waals surface area contributed by atoms with Crippen molar-refractivity contribution in [2.45, 2.75) is 13.8 Å². The minimum atomic E-state index is -0.161. The van der Waals surface area contributed by atoms with Gasteiger partial charge in [-0.05, 0) is 54.4 Å². The van der Waals surface area contributed by atoms with Crippen molar-refractivity contribution in [3.8, 4) is 22.7 Å². The molecule has 2 aromatic carbocycles. The highest BCUT2D eigenvalue weighted by molar-refractivity contribution is 5.93. The molecule has 160 valence electrons. The minimum Gasteiger partial charge on any atom is -0.497 e. The number of carbonyl (C=O) groups excluding carboxylic acids is 1. The quantitative estimate of drug-likeness (QED) is 0.616. The molecule has 0 unspecified atom stereocenters. The summed E-state index contributed by atoms with van der Waals surface area (Å²) in [6.45, 7) is 5.14. The van der Waals surface area contributed by atoms with Gasteiger partial charge in [0.1, 0.15) is 5.75 Å². The molecule has 1 aromatic heterocycles. The third-order valence-corrected chi connectivity index (χ3v) is 4.88. The predicted octanol–water partition coefficient (Wildman–Crippen LogP) is 4.03. The van der Waals surface area contributed by atoms with Gasteiger partial charge in [0, 0.05) is 19.2 Å². The largest absolute Gasteiger partial charge is 0.497 e. The van der Waals surface area contributed by atoms with Crippen molar-refractivity contribution >= 4 is 18.3 Å². The van der Waals surface area contributed by atoms with E-state index < -0.39 is 0 Å². The number of aromatic nitrogens is 2. The highest BCUT2D eigenvalue weighted by Crippen LogP contribution is 2.27. The Labute approximate surface area is 184 Å². The number of para-hydroxylation sites is 1. The molecule has 0 aliphatic heterocycles. The molecule has 0 aliphatic rings. The minimum absolute atomic E-state index is 0. The Morgan fingerprint density at radius 3 is 2.33 bits per heavy atom. The molecule has 1 heterocycles. The molecule has 0 saturated heterocycles. The van der Waals surface area contributed by atoms with Gasteiger partial charge in [0.15, 0.2) is 5.69 Å². The molecule has 1 amide bonds. The molecule has 3 rings (SSSR count). The molecule has 0 radical (unpaired) electrons. The van der Waals surface area contributed by atoms with E-state index in [1.54, 1.807) is 23.7 Å². The molecule has 30 heavy (non-hydrogen) atoms. The first kappa shape index (κ1) is 23.4. The van der Waals surface area contributed by atoms with Crippen LogP contribution in [0.15, 0.2) is 60.7 Å². The second kappa shape index (κ2) is 9.78. The van der Waals surface area contributed by atoms with Gasteiger partial charge in [-0.25, -0.2) is 4.68 Å². The summed E-state index contributed by atoms with van der Waals surface area (Å²) in [4.78, 5) is 14.7. The Balaban J connectivity index is 0.00000320. The van der Waals surface area contributed by atoms with Crippen molar-refractivity contribution in [3.63, 3.8) is 0 Å². The van der Waals surface area contributed by atoms with E-state index in [4.69, 9.17) is 10.5 Å². The molecule has 0 saturated carbocycles. The Hall–Kier alpha value is -2.83. The van der Waals surface area contributed by atoms with Crippen LogP contribution in [0.25, 0.3) is 16.9 Å². The summed E-state index contributed by atoms with van der Waals surface area (Å²) in [6, 6.07) is 19.3. The summed E-state index contributed by atoms with van der Waals surface area (Å²) in [5.41, 5.74) is 8.75. The van der Waals surface area contributed by atoms with E-state index in [-0.39, 0.29) is 23.7 Å². The summed E-state index contributed by atoms with van der Waals surface area (Å²) in [6.07, 6.45) is 0. The van der Waals surface area contributed by atoms with Crippen LogP contribution in [0.2, 0.25) is 0 Å². The smallest absolute Gasteiger partial charge is 0.274 e. The lowest BCUT2D eigenvalue weighted by atomic mass is 9.93. The van der Waals surface area contributed by atoms with Crippen molar-refractivity contribution in [1.29, 1.82) is 0 Å². The second-order valence-electron chi connectivity index (χ2n) is 7.92. The fourth-order valence-electron chi connectivity index (χ4n) is 3.19. The van der Waals surface area contributed by atoms with Crippen LogP contribution in [0, 0.1) is 5.41 Å². The third kappa shape index (κ3) is 5.20. The zero-order valence-corrected chi connectivity index (χ0v) is 18.6. The highest BCUT2D eigenvalue weighted by atomic mass is 35.5. The van der Waals surface area contributed by atoms with E-state index in [0.717, 1.165) is 22.7 Å². The molecule has 0 spiro atoms. The SMILES string of the molecule is COc1ccc(-c2cc(C(=O)N(C)CC(C)(C)CN)nn2-c2ccccc2)cc1.Cl. The molecule has 7 heteroatoms. The number of nitrogens with two attached hydrogens (primary N) is 1. The summed E-state index contributed by atoms with van der Waals surface area (Å²) in [5.74, 6) is 0.649. The number of halogens is 1. The van der Waals surface area contributed by atoms with Crippen molar-refractivity contribution in [2.75, 3.05) is 27.2 Å². The first-order valence-electron chi connectivity index (χ1n) is 9.60. The van der Waals surface area contributed by atoms with Gasteiger partial charge in [-0.2, -0.15) is 5.10 Å². The number of carbonyl (C=O) groups is 1. The zero-order valence-electron chi connectivity index (χ0n) is 17.8. The van der Waals surface area contributed by atoms with E-state index >= 15 is 0 Å². The molecule has 0 aliphatic carbocycles. The molecule has 0 fully saturated rings. The van der Waals surface area contributed by atoms with Crippen LogP contribution in [0.4, 0.5) is 0 Å². The van der Waals surface area contributed by atoms with E-state index in [2.05, 4.69) is 5.10 Å². The number of benzene rings is 2. The molecular formula is C23H29ClN4O2. The number of amides is 1. The van der Waals surface area contributed by atoms with Gasteiger partial charge in [-0.15, -0.1) is 12.4 Å². The topological polar surface area (TPSA) is 73.4 Å². The molecular weight excluding hydrogens is 400 g/mol. The summed E-state index contributed by atoms with van der Waals surface area (Å²) in [5, 5.41) is 4.64. The number of rotatable bonds is 7. The van der Waals surface area contributed by atoms with Crippen LogP contribution in [-0.4, -0.2) is 47.8 Å². The van der Waals surface area contributed by atoms with Gasteiger partial charge in [0.25, 0.3) is 5.91 Å². The normalized spacial score (nSPS) is 11.0. The number of methoxy groups -OCH3 is 1. The lowest BCUT2D eigenvalue weighted by Crippen LogP contribution is -2.39.